The average Bonchev–Trinajstić information content (AvgIpc) is 3.49. The van der Waals surface area contributed by atoms with E-state index in [4.69, 9.17) is 0 Å². The van der Waals surface area contributed by atoms with E-state index in [9.17, 15) is 0 Å². The van der Waals surface area contributed by atoms with Crippen LogP contribution in [0.5, 0.6) is 0 Å². The molecule has 0 amide bonds. The maximum atomic E-state index is 3.76. The zero-order valence-corrected chi connectivity index (χ0v) is 17.0. The lowest BCUT2D eigenvalue weighted by atomic mass is 9.89. The Kier molecular flexibility index (Phi) is 3.78. The minimum Gasteiger partial charge on any atom is -0.354 e. The number of nitrogens with one attached hydrogen (secondary N) is 1. The number of hydrogen-bond donors (Lipinski definition) is 1. The highest BCUT2D eigenvalue weighted by molar-refractivity contribution is 7.23. The molecule has 1 N–H and O–H groups in total. The summed E-state index contributed by atoms with van der Waals surface area (Å²) in [6.45, 7) is 0. The van der Waals surface area contributed by atoms with Crippen molar-refractivity contribution in [1.29, 1.82) is 0 Å². The molecular weight excluding hydrogens is 378 g/mol. The average molecular weight is 398 g/mol. The van der Waals surface area contributed by atoms with E-state index >= 15 is 0 Å². The highest BCUT2D eigenvalue weighted by Gasteiger charge is 2.21. The summed E-state index contributed by atoms with van der Waals surface area (Å²) in [6, 6.07) is 24.4. The summed E-state index contributed by atoms with van der Waals surface area (Å²) in [5.74, 6) is 0. The predicted octanol–water partition coefficient (Wildman–Crippen LogP) is 7.78. The van der Waals surface area contributed by atoms with Crippen LogP contribution in [0.2, 0.25) is 0 Å². The van der Waals surface area contributed by atoms with Crippen molar-refractivity contribution in [2.24, 2.45) is 0 Å². The van der Waals surface area contributed by atoms with Crippen molar-refractivity contribution in [3.63, 3.8) is 0 Å². The largest absolute Gasteiger partial charge is 0.354 e. The molecule has 0 atom stereocenters. The lowest BCUT2D eigenvalue weighted by molar-refractivity contribution is 0.811. The zero-order valence-electron chi connectivity index (χ0n) is 15.4. The van der Waals surface area contributed by atoms with Crippen molar-refractivity contribution < 1.29 is 0 Å². The topological polar surface area (TPSA) is 15.8 Å². The van der Waals surface area contributed by atoms with Crippen molar-refractivity contribution in [2.45, 2.75) is 19.3 Å². The first-order valence-electron chi connectivity index (χ1n) is 9.74. The third-order valence-electron chi connectivity index (χ3n) is 5.67. The van der Waals surface area contributed by atoms with Crippen molar-refractivity contribution in [2.75, 3.05) is 0 Å². The number of thiophene rings is 2. The first kappa shape index (κ1) is 16.3. The minimum atomic E-state index is 1.16. The Morgan fingerprint density at radius 3 is 2.50 bits per heavy atom. The first-order valence-corrected chi connectivity index (χ1v) is 11.4. The van der Waals surface area contributed by atoms with Gasteiger partial charge in [0, 0.05) is 31.2 Å². The van der Waals surface area contributed by atoms with Gasteiger partial charge in [0.2, 0.25) is 0 Å². The van der Waals surface area contributed by atoms with E-state index < -0.39 is 0 Å². The van der Waals surface area contributed by atoms with E-state index in [1.807, 2.05) is 22.7 Å². The highest BCUT2D eigenvalue weighted by atomic mass is 32.1. The smallest absolute Gasteiger partial charge is 0.0497 e. The predicted molar refractivity (Wildman–Crippen MR) is 122 cm³/mol. The number of aromatic nitrogens is 1. The summed E-state index contributed by atoms with van der Waals surface area (Å²) in [5, 5.41) is 3.61. The molecule has 3 aromatic heterocycles. The summed E-state index contributed by atoms with van der Waals surface area (Å²) in [6.07, 6.45) is 3.57. The van der Waals surface area contributed by atoms with Crippen LogP contribution in [0, 0.1) is 0 Å². The third kappa shape index (κ3) is 2.58. The second kappa shape index (κ2) is 6.47. The van der Waals surface area contributed by atoms with Gasteiger partial charge in [0.05, 0.1) is 0 Å². The molecule has 0 bridgehead atoms. The molecule has 2 aromatic carbocycles. The van der Waals surface area contributed by atoms with Crippen molar-refractivity contribution in [1.82, 2.24) is 4.98 Å². The molecule has 3 heteroatoms. The van der Waals surface area contributed by atoms with Gasteiger partial charge in [-0.2, -0.15) is 0 Å². The molecule has 3 heterocycles. The Morgan fingerprint density at radius 1 is 0.750 bits per heavy atom. The van der Waals surface area contributed by atoms with Crippen LogP contribution < -0.4 is 0 Å². The molecule has 6 rings (SSSR count). The Bertz CT molecular complexity index is 1270. The summed E-state index contributed by atoms with van der Waals surface area (Å²) in [7, 11) is 0. The fraction of sp³-hybridized carbons (Fsp3) is 0.120. The van der Waals surface area contributed by atoms with Crippen LogP contribution in [0.1, 0.15) is 17.5 Å². The lowest BCUT2D eigenvalue weighted by Gasteiger charge is -2.14. The van der Waals surface area contributed by atoms with E-state index in [2.05, 4.69) is 77.1 Å². The van der Waals surface area contributed by atoms with Crippen LogP contribution in [0.3, 0.4) is 0 Å². The van der Waals surface area contributed by atoms with E-state index in [0.717, 1.165) is 6.42 Å². The van der Waals surface area contributed by atoms with Crippen LogP contribution >= 0.6 is 22.7 Å². The normalized spacial score (nSPS) is 13.3. The van der Waals surface area contributed by atoms with Gasteiger partial charge in [-0.3, -0.25) is 0 Å². The fourth-order valence-electron chi connectivity index (χ4n) is 4.43. The molecule has 0 radical (unpaired) electrons. The lowest BCUT2D eigenvalue weighted by Crippen LogP contribution is -1.99. The van der Waals surface area contributed by atoms with Gasteiger partial charge in [0.1, 0.15) is 0 Å². The monoisotopic (exact) mass is 397 g/mol. The Hall–Kier alpha value is -2.62. The molecule has 1 nitrogen and oxygen atoms in total. The number of H-pyrrole nitrogens is 1. The van der Waals surface area contributed by atoms with Crippen molar-refractivity contribution >= 4 is 33.6 Å². The van der Waals surface area contributed by atoms with Crippen LogP contribution in [0.4, 0.5) is 0 Å². The quantitative estimate of drug-likeness (QED) is 0.320. The summed E-state index contributed by atoms with van der Waals surface area (Å²) in [5.41, 5.74) is 8.22. The summed E-state index contributed by atoms with van der Waals surface area (Å²) >= 11 is 3.70. The second-order valence-corrected chi connectivity index (χ2v) is 9.43. The highest BCUT2D eigenvalue weighted by Crippen LogP contribution is 2.42. The molecule has 1 aliphatic carbocycles. The number of aryl methyl sites for hydroxylation is 2. The Labute approximate surface area is 172 Å². The molecular formula is C25H19NS2. The van der Waals surface area contributed by atoms with Gasteiger partial charge in [-0.05, 0) is 77.2 Å². The van der Waals surface area contributed by atoms with E-state index in [-0.39, 0.29) is 0 Å². The van der Waals surface area contributed by atoms with Gasteiger partial charge >= 0.3 is 0 Å². The standard InChI is InChI=1S/C25H19NS2/c1-2-6-16(7-3-1)25-19-9-4-8-17-14-18(15-20(26-25)24(17)19)21-11-12-23(28-21)22-10-5-13-27-22/h1-3,5-7,10-15,26H,4,8-9H2. The summed E-state index contributed by atoms with van der Waals surface area (Å²) < 4.78 is 0. The van der Waals surface area contributed by atoms with Gasteiger partial charge in [-0.25, -0.2) is 0 Å². The van der Waals surface area contributed by atoms with Gasteiger partial charge in [0.25, 0.3) is 0 Å². The minimum absolute atomic E-state index is 1.16. The van der Waals surface area contributed by atoms with E-state index in [0.29, 0.717) is 0 Å². The number of aromatic amines is 1. The number of rotatable bonds is 3. The molecule has 0 aliphatic heterocycles. The maximum absolute atomic E-state index is 3.76. The SMILES string of the molecule is c1ccc(-c2[nH]c3cc(-c4ccc(-c5cccs5)s4)cc4c3c2CCC4)cc1. The van der Waals surface area contributed by atoms with Crippen LogP contribution in [-0.4, -0.2) is 4.98 Å². The molecule has 28 heavy (non-hydrogen) atoms. The number of benzene rings is 2. The van der Waals surface area contributed by atoms with Crippen molar-refractivity contribution in [3.05, 3.63) is 83.2 Å². The van der Waals surface area contributed by atoms with Gasteiger partial charge < -0.3 is 4.98 Å². The Balaban J connectivity index is 1.51. The van der Waals surface area contributed by atoms with Gasteiger partial charge in [-0.15, -0.1) is 22.7 Å². The van der Waals surface area contributed by atoms with Gasteiger partial charge in [0.15, 0.2) is 0 Å². The van der Waals surface area contributed by atoms with E-state index in [1.54, 1.807) is 0 Å². The third-order valence-corrected chi connectivity index (χ3v) is 7.87. The second-order valence-electron chi connectivity index (χ2n) is 7.40. The number of hydrogen-bond acceptors (Lipinski definition) is 2. The Morgan fingerprint density at radius 2 is 1.64 bits per heavy atom. The molecule has 0 saturated heterocycles. The molecule has 0 unspecified atom stereocenters. The fourth-order valence-corrected chi connectivity index (χ4v) is 6.26. The zero-order chi connectivity index (χ0) is 18.5. The van der Waals surface area contributed by atoms with Crippen LogP contribution in [0.15, 0.2) is 72.1 Å². The summed E-state index contributed by atoms with van der Waals surface area (Å²) in [4.78, 5) is 7.83. The van der Waals surface area contributed by atoms with Gasteiger partial charge in [-0.1, -0.05) is 36.4 Å². The molecule has 0 saturated carbocycles. The van der Waals surface area contributed by atoms with Crippen molar-refractivity contribution in [3.8, 4) is 31.5 Å². The first-order chi connectivity index (χ1) is 13.9. The molecule has 0 spiro atoms. The maximum Gasteiger partial charge on any atom is 0.0497 e. The molecule has 5 aromatic rings. The van der Waals surface area contributed by atoms with Crippen LogP contribution in [-0.2, 0) is 12.8 Å². The van der Waals surface area contributed by atoms with Crippen LogP contribution in [0.25, 0.3) is 42.4 Å². The van der Waals surface area contributed by atoms with E-state index in [1.165, 1.54) is 66.3 Å². The molecule has 136 valence electrons. The molecule has 1 aliphatic rings. The molecule has 0 fully saturated rings.